The maximum atomic E-state index is 8.76. The average Bonchev–Trinajstić information content (AvgIpc) is 2.61. The third-order valence-corrected chi connectivity index (χ3v) is 1.95. The van der Waals surface area contributed by atoms with Crippen molar-refractivity contribution in [1.82, 2.24) is 15.0 Å². The third-order valence-electron chi connectivity index (χ3n) is 1.95. The van der Waals surface area contributed by atoms with Gasteiger partial charge < -0.3 is 5.11 Å². The smallest absolute Gasteiger partial charge is 0.114 e. The van der Waals surface area contributed by atoms with E-state index >= 15 is 0 Å². The molecular formula is C9H8N4O. The Hall–Kier alpha value is -1.93. The van der Waals surface area contributed by atoms with Gasteiger partial charge in [0.2, 0.25) is 0 Å². The quantitative estimate of drug-likeness (QED) is 0.735. The predicted molar refractivity (Wildman–Crippen MR) is 49.3 cm³/mol. The second-order valence-corrected chi connectivity index (χ2v) is 2.85. The fraction of sp³-hybridized carbons (Fsp3) is 0.222. The predicted octanol–water partition coefficient (Wildman–Crippen LogP) is 0.295. The molecule has 0 fully saturated rings. The van der Waals surface area contributed by atoms with Crippen LogP contribution in [0.2, 0.25) is 0 Å². The molecule has 0 bridgehead atoms. The fourth-order valence-electron chi connectivity index (χ4n) is 1.30. The maximum Gasteiger partial charge on any atom is 0.114 e. The molecule has 1 aromatic carbocycles. The first-order valence-corrected chi connectivity index (χ1v) is 4.19. The lowest BCUT2D eigenvalue weighted by Crippen LogP contribution is -2.03. The Labute approximate surface area is 80.2 Å². The number of aliphatic hydroxyl groups is 1. The van der Waals surface area contributed by atoms with Gasteiger partial charge in [0.15, 0.2) is 0 Å². The molecule has 0 aliphatic rings. The minimum absolute atomic E-state index is 0.0263. The van der Waals surface area contributed by atoms with E-state index in [0.717, 1.165) is 5.52 Å². The number of nitriles is 1. The summed E-state index contributed by atoms with van der Waals surface area (Å²) in [5.74, 6) is 0. The van der Waals surface area contributed by atoms with E-state index in [4.69, 9.17) is 10.4 Å². The van der Waals surface area contributed by atoms with Crippen LogP contribution in [-0.2, 0) is 6.54 Å². The first kappa shape index (κ1) is 8.66. The van der Waals surface area contributed by atoms with E-state index in [1.807, 2.05) is 6.07 Å². The van der Waals surface area contributed by atoms with Gasteiger partial charge in [-0.2, -0.15) is 5.26 Å². The summed E-state index contributed by atoms with van der Waals surface area (Å²) in [6.07, 6.45) is 0. The Morgan fingerprint density at radius 3 is 3.07 bits per heavy atom. The third kappa shape index (κ3) is 1.32. The summed E-state index contributed by atoms with van der Waals surface area (Å²) in [6.45, 7) is 0.445. The fourth-order valence-corrected chi connectivity index (χ4v) is 1.30. The van der Waals surface area contributed by atoms with Gasteiger partial charge in [-0.25, -0.2) is 4.68 Å². The molecule has 5 nitrogen and oxygen atoms in total. The minimum atomic E-state index is 0.0263. The summed E-state index contributed by atoms with van der Waals surface area (Å²) in [7, 11) is 0. The van der Waals surface area contributed by atoms with Crippen molar-refractivity contribution in [3.05, 3.63) is 23.8 Å². The van der Waals surface area contributed by atoms with Crippen LogP contribution in [0.25, 0.3) is 11.0 Å². The molecule has 0 radical (unpaired) electrons. The Kier molecular flexibility index (Phi) is 2.13. The van der Waals surface area contributed by atoms with Gasteiger partial charge in [-0.1, -0.05) is 5.21 Å². The second-order valence-electron chi connectivity index (χ2n) is 2.85. The summed E-state index contributed by atoms with van der Waals surface area (Å²) in [6, 6.07) is 7.20. The number of hydrogen-bond acceptors (Lipinski definition) is 4. The van der Waals surface area contributed by atoms with E-state index < -0.39 is 0 Å². The minimum Gasteiger partial charge on any atom is -0.394 e. The highest BCUT2D eigenvalue weighted by Gasteiger charge is 2.03. The molecule has 0 unspecified atom stereocenters. The molecule has 0 saturated heterocycles. The number of hydrogen-bond donors (Lipinski definition) is 1. The normalized spacial score (nSPS) is 10.3. The standard InChI is InChI=1S/C9H8N4O/c10-6-7-1-2-9-8(5-7)11-12-13(9)3-4-14/h1-2,5,14H,3-4H2. The van der Waals surface area contributed by atoms with Crippen molar-refractivity contribution < 1.29 is 5.11 Å². The lowest BCUT2D eigenvalue weighted by atomic mass is 10.2. The van der Waals surface area contributed by atoms with Gasteiger partial charge in [0, 0.05) is 0 Å². The first-order valence-electron chi connectivity index (χ1n) is 4.19. The van der Waals surface area contributed by atoms with Gasteiger partial charge in [0.05, 0.1) is 30.3 Å². The zero-order valence-electron chi connectivity index (χ0n) is 7.38. The van der Waals surface area contributed by atoms with E-state index in [1.54, 1.807) is 22.9 Å². The van der Waals surface area contributed by atoms with Crippen molar-refractivity contribution >= 4 is 11.0 Å². The number of aliphatic hydroxyl groups excluding tert-OH is 1. The van der Waals surface area contributed by atoms with Crippen LogP contribution in [0.15, 0.2) is 18.2 Å². The number of nitrogens with zero attached hydrogens (tertiary/aromatic N) is 4. The molecule has 2 rings (SSSR count). The van der Waals surface area contributed by atoms with Gasteiger partial charge >= 0.3 is 0 Å². The van der Waals surface area contributed by atoms with E-state index in [1.165, 1.54) is 0 Å². The van der Waals surface area contributed by atoms with Crippen LogP contribution >= 0.6 is 0 Å². The lowest BCUT2D eigenvalue weighted by Gasteiger charge is -1.97. The van der Waals surface area contributed by atoms with E-state index in [2.05, 4.69) is 10.3 Å². The number of fused-ring (bicyclic) bond motifs is 1. The summed E-state index contributed by atoms with van der Waals surface area (Å²) in [5.41, 5.74) is 2.07. The van der Waals surface area contributed by atoms with Crippen molar-refractivity contribution in [1.29, 1.82) is 5.26 Å². The Morgan fingerprint density at radius 2 is 2.36 bits per heavy atom. The van der Waals surface area contributed by atoms with Gasteiger partial charge in [-0.3, -0.25) is 0 Å². The Balaban J connectivity index is 2.55. The van der Waals surface area contributed by atoms with Crippen molar-refractivity contribution in [3.63, 3.8) is 0 Å². The van der Waals surface area contributed by atoms with Crippen molar-refractivity contribution in [2.45, 2.75) is 6.54 Å². The lowest BCUT2D eigenvalue weighted by molar-refractivity contribution is 0.270. The van der Waals surface area contributed by atoms with E-state index in [9.17, 15) is 0 Å². The van der Waals surface area contributed by atoms with E-state index in [-0.39, 0.29) is 6.61 Å². The topological polar surface area (TPSA) is 74.7 Å². The largest absolute Gasteiger partial charge is 0.394 e. The highest BCUT2D eigenvalue weighted by atomic mass is 16.3. The van der Waals surface area contributed by atoms with Crippen LogP contribution < -0.4 is 0 Å². The maximum absolute atomic E-state index is 8.76. The van der Waals surface area contributed by atoms with Crippen LogP contribution in [0.4, 0.5) is 0 Å². The molecule has 0 spiro atoms. The zero-order chi connectivity index (χ0) is 9.97. The molecule has 1 aromatic heterocycles. The molecule has 0 amide bonds. The van der Waals surface area contributed by atoms with Crippen LogP contribution in [0.5, 0.6) is 0 Å². The summed E-state index contributed by atoms with van der Waals surface area (Å²) < 4.78 is 1.61. The SMILES string of the molecule is N#Cc1ccc2c(c1)nnn2CCO. The van der Waals surface area contributed by atoms with Gasteiger partial charge in [0.25, 0.3) is 0 Å². The molecule has 1 N–H and O–H groups in total. The van der Waals surface area contributed by atoms with Gasteiger partial charge in [-0.05, 0) is 18.2 Å². The van der Waals surface area contributed by atoms with Crippen LogP contribution in [0.3, 0.4) is 0 Å². The monoisotopic (exact) mass is 188 g/mol. The first-order chi connectivity index (χ1) is 6.85. The van der Waals surface area contributed by atoms with E-state index in [0.29, 0.717) is 17.6 Å². The summed E-state index contributed by atoms with van der Waals surface area (Å²) >= 11 is 0. The van der Waals surface area contributed by atoms with Crippen LogP contribution in [0.1, 0.15) is 5.56 Å². The number of benzene rings is 1. The molecule has 2 aromatic rings. The van der Waals surface area contributed by atoms with Gasteiger partial charge in [-0.15, -0.1) is 5.10 Å². The van der Waals surface area contributed by atoms with Crippen molar-refractivity contribution in [2.75, 3.05) is 6.61 Å². The second kappa shape index (κ2) is 3.44. The Morgan fingerprint density at radius 1 is 1.50 bits per heavy atom. The highest BCUT2D eigenvalue weighted by Crippen LogP contribution is 2.12. The highest BCUT2D eigenvalue weighted by molar-refractivity contribution is 5.75. The zero-order valence-corrected chi connectivity index (χ0v) is 7.38. The molecule has 14 heavy (non-hydrogen) atoms. The number of rotatable bonds is 2. The van der Waals surface area contributed by atoms with Crippen molar-refractivity contribution in [2.24, 2.45) is 0 Å². The molecule has 1 heterocycles. The molecule has 70 valence electrons. The molecular weight excluding hydrogens is 180 g/mol. The average molecular weight is 188 g/mol. The number of aromatic nitrogens is 3. The summed E-state index contributed by atoms with van der Waals surface area (Å²) in [5, 5.41) is 25.2. The molecule has 0 aliphatic heterocycles. The molecule has 5 heteroatoms. The van der Waals surface area contributed by atoms with Gasteiger partial charge in [0.1, 0.15) is 5.52 Å². The van der Waals surface area contributed by atoms with Crippen molar-refractivity contribution in [3.8, 4) is 6.07 Å². The Bertz CT molecular complexity index is 497. The van der Waals surface area contributed by atoms with Crippen LogP contribution in [0, 0.1) is 11.3 Å². The molecule has 0 aliphatic carbocycles. The summed E-state index contributed by atoms with van der Waals surface area (Å²) in [4.78, 5) is 0. The molecule has 0 atom stereocenters. The van der Waals surface area contributed by atoms with Crippen LogP contribution in [-0.4, -0.2) is 26.7 Å². The molecule has 0 saturated carbocycles.